The largest absolute Gasteiger partial charge is 0.467 e. The number of nitrogens with zero attached hydrogens (tertiary/aromatic N) is 2. The van der Waals surface area contributed by atoms with E-state index in [0.717, 1.165) is 11.3 Å². The van der Waals surface area contributed by atoms with E-state index in [4.69, 9.17) is 4.42 Å². The first kappa shape index (κ1) is 17.8. The molecule has 2 N–H and O–H groups in total. The van der Waals surface area contributed by atoms with Crippen molar-refractivity contribution in [3.05, 3.63) is 66.4 Å². The number of aryl methyl sites for hydroxylation is 1. The second-order valence-electron chi connectivity index (χ2n) is 5.52. The van der Waals surface area contributed by atoms with E-state index in [-0.39, 0.29) is 12.3 Å². The Morgan fingerprint density at radius 3 is 2.92 bits per heavy atom. The number of carbonyl (C=O) groups is 2. The van der Waals surface area contributed by atoms with Crippen molar-refractivity contribution in [1.29, 1.82) is 0 Å². The van der Waals surface area contributed by atoms with Crippen LogP contribution in [-0.2, 0) is 11.3 Å². The summed E-state index contributed by atoms with van der Waals surface area (Å²) in [6, 6.07) is 10.9. The van der Waals surface area contributed by atoms with Crippen LogP contribution in [0.15, 0.2) is 64.6 Å². The molecule has 0 bridgehead atoms. The minimum Gasteiger partial charge on any atom is -0.467 e. The summed E-state index contributed by atoms with van der Waals surface area (Å²) in [5, 5.41) is 5.52. The van der Waals surface area contributed by atoms with E-state index in [2.05, 4.69) is 15.6 Å². The van der Waals surface area contributed by atoms with Crippen LogP contribution in [0.1, 0.15) is 11.3 Å². The van der Waals surface area contributed by atoms with Gasteiger partial charge in [0, 0.05) is 18.1 Å². The molecule has 0 saturated heterocycles. The van der Waals surface area contributed by atoms with Crippen molar-refractivity contribution in [2.45, 2.75) is 18.6 Å². The molecule has 3 amide bonds. The van der Waals surface area contributed by atoms with Crippen LogP contribution in [0.25, 0.3) is 5.69 Å². The van der Waals surface area contributed by atoms with Gasteiger partial charge in [0.15, 0.2) is 5.16 Å². The number of nitrogens with one attached hydrogen (secondary N) is 2. The molecule has 0 atom stereocenters. The smallest absolute Gasteiger partial charge is 0.321 e. The molecule has 0 aliphatic carbocycles. The maximum absolute atomic E-state index is 12.0. The van der Waals surface area contributed by atoms with Gasteiger partial charge in [-0.1, -0.05) is 23.9 Å². The number of imide groups is 1. The lowest BCUT2D eigenvalue weighted by Gasteiger charge is -2.08. The molecular weight excluding hydrogens is 352 g/mol. The zero-order valence-electron chi connectivity index (χ0n) is 14.1. The van der Waals surface area contributed by atoms with Crippen LogP contribution in [-0.4, -0.2) is 27.2 Å². The van der Waals surface area contributed by atoms with Gasteiger partial charge in [-0.2, -0.15) is 0 Å². The van der Waals surface area contributed by atoms with E-state index in [1.54, 1.807) is 18.3 Å². The molecule has 1 aromatic carbocycles. The van der Waals surface area contributed by atoms with E-state index in [1.807, 2.05) is 42.0 Å². The van der Waals surface area contributed by atoms with Gasteiger partial charge in [0.25, 0.3) is 0 Å². The monoisotopic (exact) mass is 370 g/mol. The highest BCUT2D eigenvalue weighted by Crippen LogP contribution is 2.20. The minimum absolute atomic E-state index is 0.0804. The number of urea groups is 1. The van der Waals surface area contributed by atoms with Crippen LogP contribution < -0.4 is 10.6 Å². The van der Waals surface area contributed by atoms with Crippen LogP contribution in [0.5, 0.6) is 0 Å². The van der Waals surface area contributed by atoms with Gasteiger partial charge in [-0.15, -0.1) is 0 Å². The summed E-state index contributed by atoms with van der Waals surface area (Å²) in [6.45, 7) is 2.24. The number of carbonyl (C=O) groups excluding carboxylic acids is 2. The number of aromatic nitrogens is 2. The number of thioether (sulfide) groups is 1. The number of hydrogen-bond acceptors (Lipinski definition) is 5. The second kappa shape index (κ2) is 8.39. The van der Waals surface area contributed by atoms with Gasteiger partial charge in [-0.05, 0) is 36.8 Å². The molecule has 26 heavy (non-hydrogen) atoms. The quantitative estimate of drug-likeness (QED) is 0.651. The lowest BCUT2D eigenvalue weighted by molar-refractivity contribution is -0.117. The van der Waals surface area contributed by atoms with Gasteiger partial charge in [-0.25, -0.2) is 9.78 Å². The summed E-state index contributed by atoms with van der Waals surface area (Å²) >= 11 is 1.26. The van der Waals surface area contributed by atoms with Crippen molar-refractivity contribution in [2.75, 3.05) is 5.75 Å². The molecule has 2 heterocycles. The van der Waals surface area contributed by atoms with Crippen LogP contribution in [0.4, 0.5) is 4.79 Å². The van der Waals surface area contributed by atoms with Gasteiger partial charge in [0.1, 0.15) is 5.76 Å². The zero-order chi connectivity index (χ0) is 18.4. The third-order valence-electron chi connectivity index (χ3n) is 3.48. The van der Waals surface area contributed by atoms with Crippen molar-refractivity contribution in [3.8, 4) is 5.69 Å². The Balaban J connectivity index is 1.50. The van der Waals surface area contributed by atoms with E-state index in [1.165, 1.54) is 18.0 Å². The number of benzene rings is 1. The van der Waals surface area contributed by atoms with Crippen molar-refractivity contribution < 1.29 is 14.0 Å². The number of furan rings is 1. The topological polar surface area (TPSA) is 89.2 Å². The predicted molar refractivity (Wildman–Crippen MR) is 98.1 cm³/mol. The molecule has 3 rings (SSSR count). The Kier molecular flexibility index (Phi) is 5.75. The normalized spacial score (nSPS) is 10.5. The summed E-state index contributed by atoms with van der Waals surface area (Å²) in [5.41, 5.74) is 2.11. The van der Waals surface area contributed by atoms with Crippen molar-refractivity contribution in [3.63, 3.8) is 0 Å². The van der Waals surface area contributed by atoms with E-state index in [9.17, 15) is 9.59 Å². The molecule has 0 fully saturated rings. The van der Waals surface area contributed by atoms with E-state index >= 15 is 0 Å². The first-order valence-electron chi connectivity index (χ1n) is 7.95. The number of amides is 3. The molecule has 0 saturated carbocycles. The SMILES string of the molecule is Cc1cccc(-n2ccnc2SCC(=O)NC(=O)NCc2ccco2)c1. The number of hydrogen-bond donors (Lipinski definition) is 2. The van der Waals surface area contributed by atoms with Crippen LogP contribution in [0.3, 0.4) is 0 Å². The Labute approximate surface area is 154 Å². The molecule has 134 valence electrons. The Bertz CT molecular complexity index is 889. The van der Waals surface area contributed by atoms with Crippen molar-refractivity contribution >= 4 is 23.7 Å². The standard InChI is InChI=1S/C18H18N4O3S/c1-13-4-2-5-14(10-13)22-8-7-19-18(22)26-12-16(23)21-17(24)20-11-15-6-3-9-25-15/h2-10H,11-12H2,1H3,(H2,20,21,23,24). The fourth-order valence-electron chi connectivity index (χ4n) is 2.29. The highest BCUT2D eigenvalue weighted by molar-refractivity contribution is 7.99. The average molecular weight is 370 g/mol. The molecule has 0 aliphatic rings. The maximum Gasteiger partial charge on any atom is 0.321 e. The van der Waals surface area contributed by atoms with Gasteiger partial charge in [0.2, 0.25) is 5.91 Å². The Morgan fingerprint density at radius 1 is 1.27 bits per heavy atom. The zero-order valence-corrected chi connectivity index (χ0v) is 15.0. The van der Waals surface area contributed by atoms with Gasteiger partial charge >= 0.3 is 6.03 Å². The maximum atomic E-state index is 12.0. The summed E-state index contributed by atoms with van der Waals surface area (Å²) in [4.78, 5) is 28.0. The summed E-state index contributed by atoms with van der Waals surface area (Å²) in [6.07, 6.45) is 5.04. The predicted octanol–water partition coefficient (Wildman–Crippen LogP) is 2.89. The fraction of sp³-hybridized carbons (Fsp3) is 0.167. The molecule has 3 aromatic rings. The van der Waals surface area contributed by atoms with Gasteiger partial charge in [-0.3, -0.25) is 14.7 Å². The minimum atomic E-state index is -0.561. The lowest BCUT2D eigenvalue weighted by Crippen LogP contribution is -2.39. The molecule has 0 unspecified atom stereocenters. The summed E-state index contributed by atoms with van der Waals surface area (Å²) in [5.74, 6) is 0.296. The Hall–Kier alpha value is -3.00. The van der Waals surface area contributed by atoms with Crippen LogP contribution in [0, 0.1) is 6.92 Å². The summed E-state index contributed by atoms with van der Waals surface area (Å²) in [7, 11) is 0. The molecule has 8 heteroatoms. The fourth-order valence-corrected chi connectivity index (χ4v) is 3.06. The van der Waals surface area contributed by atoms with Crippen molar-refractivity contribution in [1.82, 2.24) is 20.2 Å². The second-order valence-corrected chi connectivity index (χ2v) is 6.46. The molecular formula is C18H18N4O3S. The van der Waals surface area contributed by atoms with Gasteiger partial charge < -0.3 is 9.73 Å². The summed E-state index contributed by atoms with van der Waals surface area (Å²) < 4.78 is 7.01. The molecule has 2 aromatic heterocycles. The van der Waals surface area contributed by atoms with Gasteiger partial charge in [0.05, 0.1) is 18.6 Å². The van der Waals surface area contributed by atoms with E-state index < -0.39 is 11.9 Å². The molecule has 7 nitrogen and oxygen atoms in total. The van der Waals surface area contributed by atoms with Crippen molar-refractivity contribution in [2.24, 2.45) is 0 Å². The third kappa shape index (κ3) is 4.76. The highest BCUT2D eigenvalue weighted by Gasteiger charge is 2.12. The van der Waals surface area contributed by atoms with Crippen LogP contribution >= 0.6 is 11.8 Å². The highest BCUT2D eigenvalue weighted by atomic mass is 32.2. The first-order valence-corrected chi connectivity index (χ1v) is 8.93. The number of rotatable bonds is 6. The lowest BCUT2D eigenvalue weighted by atomic mass is 10.2. The first-order chi connectivity index (χ1) is 12.6. The number of imidazole rings is 1. The third-order valence-corrected chi connectivity index (χ3v) is 4.44. The average Bonchev–Trinajstić information content (AvgIpc) is 3.30. The molecule has 0 spiro atoms. The van der Waals surface area contributed by atoms with Crippen LogP contribution in [0.2, 0.25) is 0 Å². The molecule has 0 aliphatic heterocycles. The Morgan fingerprint density at radius 2 is 2.15 bits per heavy atom. The molecule has 0 radical (unpaired) electrons. The van der Waals surface area contributed by atoms with E-state index in [0.29, 0.717) is 10.9 Å².